The van der Waals surface area contributed by atoms with E-state index in [0.29, 0.717) is 6.42 Å². The molecule has 0 atom stereocenters. The first-order valence-electron chi connectivity index (χ1n) is 8.26. The fourth-order valence-electron chi connectivity index (χ4n) is 2.08. The van der Waals surface area contributed by atoms with Gasteiger partial charge in [0.1, 0.15) is 0 Å². The molecule has 134 valence electrons. The van der Waals surface area contributed by atoms with Crippen LogP contribution in [0.4, 0.5) is 0 Å². The van der Waals surface area contributed by atoms with Gasteiger partial charge in [0.2, 0.25) is 0 Å². The quantitative estimate of drug-likeness (QED) is 0.758. The van der Waals surface area contributed by atoms with Gasteiger partial charge in [-0.3, -0.25) is 9.59 Å². The Balaban J connectivity index is 0. The third-order valence-corrected chi connectivity index (χ3v) is 3.49. The second kappa shape index (κ2) is 12.3. The fraction of sp³-hybridized carbons (Fsp3) is 0.429. The maximum absolute atomic E-state index is 11.5. The van der Waals surface area contributed by atoms with Crippen LogP contribution in [0.2, 0.25) is 0 Å². The minimum absolute atomic E-state index is 0. The molecular formula is C21H33NO2. The van der Waals surface area contributed by atoms with E-state index in [-0.39, 0.29) is 18.8 Å². The van der Waals surface area contributed by atoms with Crippen molar-refractivity contribution in [3.8, 4) is 0 Å². The minimum Gasteiger partial charge on any atom is -0.329 e. The molecule has 0 aliphatic carbocycles. The predicted octanol–water partition coefficient (Wildman–Crippen LogP) is 5.47. The number of benzene rings is 1. The van der Waals surface area contributed by atoms with Gasteiger partial charge in [-0.05, 0) is 49.9 Å². The third-order valence-electron chi connectivity index (χ3n) is 3.49. The number of aromatic nitrogens is 1. The second-order valence-electron chi connectivity index (χ2n) is 4.83. The number of carbonyl (C=O) groups is 1. The molecule has 1 heterocycles. The predicted molar refractivity (Wildman–Crippen MR) is 105 cm³/mol. The summed E-state index contributed by atoms with van der Waals surface area (Å²) in [6, 6.07) is 7.60. The SMILES string of the molecule is C.CC.CC.CC(=O)c1cccc(Cc2c[nH]c(=O)c(C)c2C)c1. The Labute approximate surface area is 147 Å². The van der Waals surface area contributed by atoms with Crippen molar-refractivity contribution >= 4 is 5.78 Å². The van der Waals surface area contributed by atoms with Gasteiger partial charge < -0.3 is 4.98 Å². The highest BCUT2D eigenvalue weighted by Gasteiger charge is 2.07. The smallest absolute Gasteiger partial charge is 0.251 e. The molecule has 0 amide bonds. The summed E-state index contributed by atoms with van der Waals surface area (Å²) in [6.45, 7) is 13.3. The average Bonchev–Trinajstić information content (AvgIpc) is 2.59. The zero-order chi connectivity index (χ0) is 18.0. The molecule has 1 aromatic carbocycles. The Morgan fingerprint density at radius 3 is 2.17 bits per heavy atom. The number of rotatable bonds is 3. The molecule has 0 unspecified atom stereocenters. The summed E-state index contributed by atoms with van der Waals surface area (Å²) in [5.41, 5.74) is 4.59. The molecule has 1 N–H and O–H groups in total. The van der Waals surface area contributed by atoms with Crippen molar-refractivity contribution in [2.45, 2.75) is 62.3 Å². The number of Topliss-reactive ketones (excluding diaryl/α,β-unsaturated/α-hetero) is 1. The lowest BCUT2D eigenvalue weighted by Gasteiger charge is -2.08. The van der Waals surface area contributed by atoms with Gasteiger partial charge >= 0.3 is 0 Å². The first-order chi connectivity index (χ1) is 11.0. The van der Waals surface area contributed by atoms with E-state index >= 15 is 0 Å². The molecule has 2 rings (SSSR count). The van der Waals surface area contributed by atoms with Gasteiger partial charge in [-0.1, -0.05) is 53.3 Å². The van der Waals surface area contributed by atoms with Crippen LogP contribution in [0.1, 0.15) is 74.7 Å². The summed E-state index contributed by atoms with van der Waals surface area (Å²) in [6.07, 6.45) is 2.47. The van der Waals surface area contributed by atoms with Crippen LogP contribution >= 0.6 is 0 Å². The van der Waals surface area contributed by atoms with E-state index in [0.717, 1.165) is 27.8 Å². The summed E-state index contributed by atoms with van der Waals surface area (Å²) in [7, 11) is 0. The third kappa shape index (κ3) is 6.53. The highest BCUT2D eigenvalue weighted by Crippen LogP contribution is 2.15. The number of aromatic amines is 1. The highest BCUT2D eigenvalue weighted by atomic mass is 16.1. The van der Waals surface area contributed by atoms with E-state index in [1.54, 1.807) is 13.1 Å². The van der Waals surface area contributed by atoms with E-state index in [4.69, 9.17) is 0 Å². The highest BCUT2D eigenvalue weighted by molar-refractivity contribution is 5.94. The van der Waals surface area contributed by atoms with E-state index in [1.165, 1.54) is 0 Å². The van der Waals surface area contributed by atoms with Crippen molar-refractivity contribution in [2.24, 2.45) is 0 Å². The minimum atomic E-state index is -0.0428. The Morgan fingerprint density at radius 2 is 1.62 bits per heavy atom. The number of pyridine rings is 1. The summed E-state index contributed by atoms with van der Waals surface area (Å²) >= 11 is 0. The topological polar surface area (TPSA) is 49.9 Å². The van der Waals surface area contributed by atoms with Crippen molar-refractivity contribution in [1.29, 1.82) is 0 Å². The number of nitrogens with one attached hydrogen (secondary N) is 1. The Morgan fingerprint density at radius 1 is 1.04 bits per heavy atom. The van der Waals surface area contributed by atoms with Gasteiger partial charge in [-0.25, -0.2) is 0 Å². The number of carbonyl (C=O) groups excluding carboxylic acids is 1. The lowest BCUT2D eigenvalue weighted by Crippen LogP contribution is -2.12. The normalized spacial score (nSPS) is 8.79. The standard InChI is InChI=1S/C16H17NO2.2C2H6.CH4/c1-10-11(2)16(19)17-9-15(10)8-13-5-4-6-14(7-13)12(3)18;2*1-2;/h4-7,9H,8H2,1-3H3,(H,17,19);2*1-2H3;1H4. The summed E-state index contributed by atoms with van der Waals surface area (Å²) in [5, 5.41) is 0. The molecule has 0 fully saturated rings. The monoisotopic (exact) mass is 331 g/mol. The summed E-state index contributed by atoms with van der Waals surface area (Å²) in [4.78, 5) is 25.6. The molecule has 2 aromatic rings. The van der Waals surface area contributed by atoms with E-state index in [2.05, 4.69) is 4.98 Å². The van der Waals surface area contributed by atoms with Crippen molar-refractivity contribution in [1.82, 2.24) is 4.98 Å². The van der Waals surface area contributed by atoms with Crippen LogP contribution in [0.5, 0.6) is 0 Å². The van der Waals surface area contributed by atoms with Crippen LogP contribution in [0, 0.1) is 13.8 Å². The van der Waals surface area contributed by atoms with Crippen molar-refractivity contribution in [3.05, 3.63) is 68.6 Å². The first-order valence-corrected chi connectivity index (χ1v) is 8.26. The molecule has 3 heteroatoms. The number of ketones is 1. The van der Waals surface area contributed by atoms with Gasteiger partial charge in [-0.15, -0.1) is 0 Å². The second-order valence-corrected chi connectivity index (χ2v) is 4.83. The van der Waals surface area contributed by atoms with Crippen LogP contribution in [-0.4, -0.2) is 10.8 Å². The first kappa shape index (κ1) is 24.1. The van der Waals surface area contributed by atoms with Gasteiger partial charge in [0, 0.05) is 17.3 Å². The molecule has 1 aromatic heterocycles. The Bertz CT molecular complexity index is 684. The van der Waals surface area contributed by atoms with Crippen LogP contribution in [0.3, 0.4) is 0 Å². The molecular weight excluding hydrogens is 298 g/mol. The molecule has 3 nitrogen and oxygen atoms in total. The van der Waals surface area contributed by atoms with Crippen LogP contribution in [0.25, 0.3) is 0 Å². The molecule has 0 aliphatic heterocycles. The molecule has 24 heavy (non-hydrogen) atoms. The Kier molecular flexibility index (Phi) is 12.3. The largest absolute Gasteiger partial charge is 0.329 e. The molecule has 0 radical (unpaired) electrons. The molecule has 0 saturated heterocycles. The number of hydrogen-bond donors (Lipinski definition) is 1. The van der Waals surface area contributed by atoms with Crippen molar-refractivity contribution in [2.75, 3.05) is 0 Å². The van der Waals surface area contributed by atoms with Crippen molar-refractivity contribution < 1.29 is 4.79 Å². The van der Waals surface area contributed by atoms with E-state index in [9.17, 15) is 9.59 Å². The van der Waals surface area contributed by atoms with Crippen molar-refractivity contribution in [3.63, 3.8) is 0 Å². The lowest BCUT2D eigenvalue weighted by molar-refractivity contribution is 0.101. The number of hydrogen-bond acceptors (Lipinski definition) is 2. The van der Waals surface area contributed by atoms with Crippen LogP contribution in [-0.2, 0) is 6.42 Å². The molecule has 0 saturated carbocycles. The lowest BCUT2D eigenvalue weighted by atomic mass is 9.98. The average molecular weight is 332 g/mol. The van der Waals surface area contributed by atoms with E-state index in [1.807, 2.05) is 65.8 Å². The fourth-order valence-corrected chi connectivity index (χ4v) is 2.08. The molecule has 0 spiro atoms. The summed E-state index contributed by atoms with van der Waals surface area (Å²) < 4.78 is 0. The zero-order valence-corrected chi connectivity index (χ0v) is 15.4. The maximum atomic E-state index is 11.5. The maximum Gasteiger partial charge on any atom is 0.251 e. The Hall–Kier alpha value is -2.16. The van der Waals surface area contributed by atoms with Crippen LogP contribution < -0.4 is 5.56 Å². The molecule has 0 bridgehead atoms. The van der Waals surface area contributed by atoms with Crippen LogP contribution in [0.15, 0.2) is 35.3 Å². The van der Waals surface area contributed by atoms with Gasteiger partial charge in [-0.2, -0.15) is 0 Å². The van der Waals surface area contributed by atoms with Gasteiger partial charge in [0.05, 0.1) is 0 Å². The van der Waals surface area contributed by atoms with Gasteiger partial charge in [0.25, 0.3) is 5.56 Å². The van der Waals surface area contributed by atoms with E-state index < -0.39 is 0 Å². The number of H-pyrrole nitrogens is 1. The molecule has 0 aliphatic rings. The zero-order valence-electron chi connectivity index (χ0n) is 15.4. The van der Waals surface area contributed by atoms with Gasteiger partial charge in [0.15, 0.2) is 5.78 Å². The summed E-state index contributed by atoms with van der Waals surface area (Å²) in [5.74, 6) is 0.0659.